The number of imidazole rings is 1. The van der Waals surface area contributed by atoms with Gasteiger partial charge in [-0.25, -0.2) is 14.5 Å². The van der Waals surface area contributed by atoms with Crippen molar-refractivity contribution in [3.63, 3.8) is 0 Å². The van der Waals surface area contributed by atoms with Crippen molar-refractivity contribution in [2.75, 3.05) is 6.54 Å². The van der Waals surface area contributed by atoms with Gasteiger partial charge in [0.15, 0.2) is 0 Å². The second kappa shape index (κ2) is 8.82. The minimum Gasteiger partial charge on any atom is -0.340 e. The van der Waals surface area contributed by atoms with Crippen molar-refractivity contribution in [1.82, 2.24) is 30.4 Å². The highest BCUT2D eigenvalue weighted by molar-refractivity contribution is 5.76. The number of H-pyrrole nitrogens is 1. The van der Waals surface area contributed by atoms with Crippen LogP contribution in [-0.4, -0.2) is 32.3 Å². The normalized spacial score (nSPS) is 12.2. The standard InChI is InChI=1S/C23H26N6O/c1-16(2)21(22-26-19-6-3-4-7-20(19)27-22)28-23(30)24-14-12-17-8-10-18(11-9-17)29-15-5-13-25-29/h3-11,13,15-16,21H,12,14H2,1-2H3,(H,26,27)(H2,24,28,30). The van der Waals surface area contributed by atoms with Gasteiger partial charge in [0.2, 0.25) is 0 Å². The third-order valence-corrected chi connectivity index (χ3v) is 5.06. The van der Waals surface area contributed by atoms with Gasteiger partial charge in [-0.05, 0) is 48.2 Å². The van der Waals surface area contributed by atoms with Crippen molar-refractivity contribution in [2.24, 2.45) is 5.92 Å². The zero-order valence-corrected chi connectivity index (χ0v) is 17.2. The number of amides is 2. The van der Waals surface area contributed by atoms with Crippen LogP contribution >= 0.6 is 0 Å². The molecule has 7 heteroatoms. The van der Waals surface area contributed by atoms with Crippen LogP contribution in [0.1, 0.15) is 31.3 Å². The van der Waals surface area contributed by atoms with Crippen LogP contribution < -0.4 is 10.6 Å². The maximum absolute atomic E-state index is 12.5. The Balaban J connectivity index is 1.31. The summed E-state index contributed by atoms with van der Waals surface area (Å²) < 4.78 is 1.82. The van der Waals surface area contributed by atoms with E-state index in [0.29, 0.717) is 6.54 Å². The van der Waals surface area contributed by atoms with Gasteiger partial charge >= 0.3 is 6.03 Å². The van der Waals surface area contributed by atoms with Crippen molar-refractivity contribution >= 4 is 17.1 Å². The smallest absolute Gasteiger partial charge is 0.315 e. The third-order valence-electron chi connectivity index (χ3n) is 5.06. The molecule has 4 aromatic rings. The fourth-order valence-electron chi connectivity index (χ4n) is 3.42. The predicted molar refractivity (Wildman–Crippen MR) is 117 cm³/mol. The molecule has 4 rings (SSSR count). The first-order chi connectivity index (χ1) is 14.6. The number of para-hydroxylation sites is 2. The quantitative estimate of drug-likeness (QED) is 0.437. The highest BCUT2D eigenvalue weighted by Gasteiger charge is 2.21. The molecule has 0 aliphatic heterocycles. The molecule has 0 saturated heterocycles. The first-order valence-electron chi connectivity index (χ1n) is 10.2. The topological polar surface area (TPSA) is 87.6 Å². The van der Waals surface area contributed by atoms with E-state index >= 15 is 0 Å². The number of nitrogens with zero attached hydrogens (tertiary/aromatic N) is 3. The molecule has 3 N–H and O–H groups in total. The number of rotatable bonds is 7. The lowest BCUT2D eigenvalue weighted by Crippen LogP contribution is -2.40. The Bertz CT molecular complexity index is 1070. The largest absolute Gasteiger partial charge is 0.340 e. The van der Waals surface area contributed by atoms with Crippen molar-refractivity contribution in [2.45, 2.75) is 26.3 Å². The van der Waals surface area contributed by atoms with Crippen LogP contribution in [0.4, 0.5) is 4.79 Å². The number of hydrogen-bond acceptors (Lipinski definition) is 3. The minimum absolute atomic E-state index is 0.189. The number of benzene rings is 2. The summed E-state index contributed by atoms with van der Waals surface area (Å²) in [7, 11) is 0. The van der Waals surface area contributed by atoms with Crippen LogP contribution in [0, 0.1) is 5.92 Å². The lowest BCUT2D eigenvalue weighted by atomic mass is 10.0. The summed E-state index contributed by atoms with van der Waals surface area (Å²) in [6.07, 6.45) is 4.42. The van der Waals surface area contributed by atoms with Gasteiger partial charge in [0, 0.05) is 18.9 Å². The van der Waals surface area contributed by atoms with Gasteiger partial charge < -0.3 is 15.6 Å². The first kappa shape index (κ1) is 19.7. The van der Waals surface area contributed by atoms with E-state index in [0.717, 1.165) is 34.5 Å². The number of carbonyl (C=O) groups is 1. The van der Waals surface area contributed by atoms with E-state index in [4.69, 9.17) is 0 Å². The Morgan fingerprint density at radius 1 is 1.10 bits per heavy atom. The Morgan fingerprint density at radius 3 is 2.60 bits per heavy atom. The second-order valence-corrected chi connectivity index (χ2v) is 7.63. The molecule has 2 amide bonds. The molecule has 1 atom stereocenters. The zero-order valence-electron chi connectivity index (χ0n) is 17.2. The zero-order chi connectivity index (χ0) is 20.9. The van der Waals surface area contributed by atoms with Crippen molar-refractivity contribution in [1.29, 1.82) is 0 Å². The maximum Gasteiger partial charge on any atom is 0.315 e. The van der Waals surface area contributed by atoms with Gasteiger partial charge in [-0.15, -0.1) is 0 Å². The first-order valence-corrected chi connectivity index (χ1v) is 10.2. The van der Waals surface area contributed by atoms with Crippen LogP contribution in [-0.2, 0) is 6.42 Å². The average molecular weight is 403 g/mol. The van der Waals surface area contributed by atoms with Crippen LogP contribution in [0.5, 0.6) is 0 Å². The molecule has 0 bridgehead atoms. The third kappa shape index (κ3) is 4.51. The van der Waals surface area contributed by atoms with Crippen LogP contribution in [0.2, 0.25) is 0 Å². The Kier molecular flexibility index (Phi) is 5.79. The van der Waals surface area contributed by atoms with E-state index in [2.05, 4.69) is 51.7 Å². The number of fused-ring (bicyclic) bond motifs is 1. The SMILES string of the molecule is CC(C)C(NC(=O)NCCc1ccc(-n2cccn2)cc1)c1nc2ccccc2[nH]1. The van der Waals surface area contributed by atoms with E-state index < -0.39 is 0 Å². The fraction of sp³-hybridized carbons (Fsp3) is 0.261. The summed E-state index contributed by atoms with van der Waals surface area (Å²) in [4.78, 5) is 20.4. The summed E-state index contributed by atoms with van der Waals surface area (Å²) in [5.41, 5.74) is 4.04. The van der Waals surface area contributed by atoms with Gasteiger partial charge in [0.05, 0.1) is 22.8 Å². The summed E-state index contributed by atoms with van der Waals surface area (Å²) in [6.45, 7) is 4.69. The number of hydrogen-bond donors (Lipinski definition) is 3. The summed E-state index contributed by atoms with van der Waals surface area (Å²) in [6, 6.07) is 17.6. The molecule has 2 aromatic heterocycles. The lowest BCUT2D eigenvalue weighted by Gasteiger charge is -2.20. The van der Waals surface area contributed by atoms with Gasteiger partial charge in [-0.3, -0.25) is 0 Å². The van der Waals surface area contributed by atoms with E-state index in [1.807, 2.05) is 53.3 Å². The van der Waals surface area contributed by atoms with Crippen LogP contribution in [0.25, 0.3) is 16.7 Å². The summed E-state index contributed by atoms with van der Waals surface area (Å²) in [5, 5.41) is 10.2. The molecular formula is C23H26N6O. The molecule has 1 unspecified atom stereocenters. The van der Waals surface area contributed by atoms with E-state index in [-0.39, 0.29) is 18.0 Å². The molecule has 0 saturated carbocycles. The van der Waals surface area contributed by atoms with E-state index in [1.165, 1.54) is 0 Å². The molecular weight excluding hydrogens is 376 g/mol. The van der Waals surface area contributed by atoms with Crippen LogP contribution in [0.15, 0.2) is 67.0 Å². The van der Waals surface area contributed by atoms with E-state index in [9.17, 15) is 4.79 Å². The van der Waals surface area contributed by atoms with Crippen molar-refractivity contribution < 1.29 is 4.79 Å². The highest BCUT2D eigenvalue weighted by atomic mass is 16.2. The molecule has 154 valence electrons. The van der Waals surface area contributed by atoms with Crippen molar-refractivity contribution in [3.05, 3.63) is 78.4 Å². The highest BCUT2D eigenvalue weighted by Crippen LogP contribution is 2.22. The van der Waals surface area contributed by atoms with Gasteiger partial charge in [-0.2, -0.15) is 5.10 Å². The monoisotopic (exact) mass is 402 g/mol. The fourth-order valence-corrected chi connectivity index (χ4v) is 3.42. The summed E-state index contributed by atoms with van der Waals surface area (Å²) in [5.74, 6) is 0.974. The Labute approximate surface area is 175 Å². The van der Waals surface area contributed by atoms with E-state index in [1.54, 1.807) is 6.20 Å². The number of aromatic nitrogens is 4. The molecule has 0 radical (unpaired) electrons. The van der Waals surface area contributed by atoms with Gasteiger partial charge in [0.1, 0.15) is 5.82 Å². The molecule has 2 heterocycles. The maximum atomic E-state index is 12.5. The number of urea groups is 1. The second-order valence-electron chi connectivity index (χ2n) is 7.63. The van der Waals surface area contributed by atoms with Gasteiger partial charge in [-0.1, -0.05) is 38.1 Å². The van der Waals surface area contributed by atoms with Crippen LogP contribution in [0.3, 0.4) is 0 Å². The van der Waals surface area contributed by atoms with Gasteiger partial charge in [0.25, 0.3) is 0 Å². The molecule has 0 aliphatic carbocycles. The average Bonchev–Trinajstić information content (AvgIpc) is 3.42. The number of aromatic amines is 1. The minimum atomic E-state index is -0.192. The Morgan fingerprint density at radius 2 is 1.90 bits per heavy atom. The number of carbonyl (C=O) groups excluding carboxylic acids is 1. The predicted octanol–water partition coefficient (Wildman–Crippen LogP) is 3.99. The number of nitrogens with one attached hydrogen (secondary N) is 3. The molecule has 30 heavy (non-hydrogen) atoms. The lowest BCUT2D eigenvalue weighted by molar-refractivity contribution is 0.232. The molecule has 0 spiro atoms. The molecule has 0 fully saturated rings. The molecule has 7 nitrogen and oxygen atoms in total. The molecule has 2 aromatic carbocycles. The summed E-state index contributed by atoms with van der Waals surface area (Å²) >= 11 is 0. The molecule has 0 aliphatic rings. The Hall–Kier alpha value is -3.61. The van der Waals surface area contributed by atoms with Crippen molar-refractivity contribution in [3.8, 4) is 5.69 Å².